The number of carbonyl (C=O) groups is 1. The lowest BCUT2D eigenvalue weighted by Gasteiger charge is -2.29. The van der Waals surface area contributed by atoms with Gasteiger partial charge in [0.25, 0.3) is 5.91 Å². The Kier molecular flexibility index (Phi) is 3.92. The van der Waals surface area contributed by atoms with Crippen LogP contribution in [0.4, 0.5) is 5.69 Å². The number of benzene rings is 1. The van der Waals surface area contributed by atoms with E-state index in [-0.39, 0.29) is 11.9 Å². The molecular weight excluding hydrogens is 278 g/mol. The number of hydrogen-bond acceptors (Lipinski definition) is 3. The minimum atomic E-state index is -0.00387. The van der Waals surface area contributed by atoms with E-state index in [4.69, 9.17) is 9.15 Å². The number of furan rings is 1. The molecule has 4 nitrogen and oxygen atoms in total. The van der Waals surface area contributed by atoms with E-state index in [0.29, 0.717) is 17.2 Å². The van der Waals surface area contributed by atoms with E-state index in [1.807, 2.05) is 36.1 Å². The molecule has 4 heteroatoms. The highest BCUT2D eigenvalue weighted by Gasteiger charge is 2.36. The van der Waals surface area contributed by atoms with Gasteiger partial charge in [0.15, 0.2) is 0 Å². The van der Waals surface area contributed by atoms with Crippen molar-refractivity contribution in [3.63, 3.8) is 0 Å². The Hall–Kier alpha value is -2.23. The number of aryl methyl sites for hydroxylation is 1. The summed E-state index contributed by atoms with van der Waals surface area (Å²) < 4.78 is 10.5. The van der Waals surface area contributed by atoms with Crippen LogP contribution in [0.5, 0.6) is 5.75 Å². The molecule has 1 aliphatic rings. The average Bonchev–Trinajstić information content (AvgIpc) is 3.30. The highest BCUT2D eigenvalue weighted by molar-refractivity contribution is 6.07. The number of amides is 1. The van der Waals surface area contributed by atoms with Crippen LogP contribution in [0.25, 0.3) is 0 Å². The van der Waals surface area contributed by atoms with Crippen LogP contribution >= 0.6 is 0 Å². The molecule has 1 amide bonds. The molecule has 22 heavy (non-hydrogen) atoms. The number of carbonyl (C=O) groups excluding carboxylic acids is 1. The summed E-state index contributed by atoms with van der Waals surface area (Å²) in [6.45, 7) is 3.94. The molecule has 0 bridgehead atoms. The van der Waals surface area contributed by atoms with Crippen molar-refractivity contribution in [1.82, 2.24) is 0 Å². The van der Waals surface area contributed by atoms with Crippen molar-refractivity contribution in [3.8, 4) is 5.75 Å². The molecule has 0 unspecified atom stereocenters. The van der Waals surface area contributed by atoms with E-state index in [9.17, 15) is 4.79 Å². The molecule has 2 aromatic rings. The number of nitrogens with zero attached hydrogens (tertiary/aromatic N) is 1. The first-order valence-corrected chi connectivity index (χ1v) is 7.63. The van der Waals surface area contributed by atoms with Gasteiger partial charge in [-0.25, -0.2) is 0 Å². The first-order valence-electron chi connectivity index (χ1n) is 7.63. The predicted molar refractivity (Wildman–Crippen MR) is 85.4 cm³/mol. The fraction of sp³-hybridized carbons (Fsp3) is 0.389. The summed E-state index contributed by atoms with van der Waals surface area (Å²) in [7, 11) is 1.64. The van der Waals surface area contributed by atoms with Crippen LogP contribution in [-0.2, 0) is 0 Å². The maximum absolute atomic E-state index is 13.0. The highest BCUT2D eigenvalue weighted by atomic mass is 16.5. The van der Waals surface area contributed by atoms with Gasteiger partial charge in [-0.1, -0.05) is 0 Å². The van der Waals surface area contributed by atoms with Gasteiger partial charge in [-0.05, 0) is 62.9 Å². The second kappa shape index (κ2) is 5.87. The monoisotopic (exact) mass is 299 g/mol. The normalized spacial score (nSPS) is 15.4. The SMILES string of the molecule is COc1ccc(N(C(=O)c2ccoc2C)[C@H](C)C2CC2)cc1. The van der Waals surface area contributed by atoms with Gasteiger partial charge >= 0.3 is 0 Å². The maximum atomic E-state index is 13.0. The van der Waals surface area contributed by atoms with Crippen molar-refractivity contribution in [2.45, 2.75) is 32.7 Å². The number of ether oxygens (including phenoxy) is 1. The first-order chi connectivity index (χ1) is 10.6. The fourth-order valence-corrected chi connectivity index (χ4v) is 2.81. The van der Waals surface area contributed by atoms with Gasteiger partial charge in [0, 0.05) is 11.7 Å². The average molecular weight is 299 g/mol. The summed E-state index contributed by atoms with van der Waals surface area (Å²) in [5.74, 6) is 2.02. The van der Waals surface area contributed by atoms with E-state index in [1.165, 1.54) is 12.8 Å². The van der Waals surface area contributed by atoms with Crippen molar-refractivity contribution in [2.24, 2.45) is 5.92 Å². The standard InChI is InChI=1S/C18H21NO3/c1-12(14-4-5-14)19(15-6-8-16(21-3)9-7-15)18(20)17-10-11-22-13(17)2/h6-12,14H,4-5H2,1-3H3/t12-/m1/s1. The molecule has 0 aliphatic heterocycles. The van der Waals surface area contributed by atoms with Crippen LogP contribution in [0.2, 0.25) is 0 Å². The second-order valence-electron chi connectivity index (χ2n) is 5.84. The molecule has 1 aromatic heterocycles. The lowest BCUT2D eigenvalue weighted by molar-refractivity contribution is 0.0974. The van der Waals surface area contributed by atoms with Crippen molar-refractivity contribution in [3.05, 3.63) is 47.9 Å². The molecule has 0 radical (unpaired) electrons. The third kappa shape index (κ3) is 2.73. The van der Waals surface area contributed by atoms with Gasteiger partial charge < -0.3 is 14.1 Å². The summed E-state index contributed by atoms with van der Waals surface area (Å²) in [6.07, 6.45) is 3.94. The summed E-state index contributed by atoms with van der Waals surface area (Å²) >= 11 is 0. The van der Waals surface area contributed by atoms with Gasteiger partial charge in [0.1, 0.15) is 11.5 Å². The zero-order valence-corrected chi connectivity index (χ0v) is 13.2. The third-order valence-electron chi connectivity index (χ3n) is 4.37. The molecule has 1 saturated carbocycles. The van der Waals surface area contributed by atoms with E-state index >= 15 is 0 Å². The Morgan fingerprint density at radius 2 is 1.95 bits per heavy atom. The van der Waals surface area contributed by atoms with Crippen molar-refractivity contribution in [2.75, 3.05) is 12.0 Å². The van der Waals surface area contributed by atoms with E-state index in [1.54, 1.807) is 19.4 Å². The summed E-state index contributed by atoms with van der Waals surface area (Å²) in [5.41, 5.74) is 1.52. The Bertz CT molecular complexity index is 655. The fourth-order valence-electron chi connectivity index (χ4n) is 2.81. The van der Waals surface area contributed by atoms with Gasteiger partial charge in [-0.3, -0.25) is 4.79 Å². The van der Waals surface area contributed by atoms with Crippen LogP contribution in [0.3, 0.4) is 0 Å². The zero-order chi connectivity index (χ0) is 15.7. The first kappa shape index (κ1) is 14.7. The Morgan fingerprint density at radius 1 is 1.27 bits per heavy atom. The number of hydrogen-bond donors (Lipinski definition) is 0. The summed E-state index contributed by atoms with van der Waals surface area (Å²) in [6, 6.07) is 9.56. The molecular formula is C18H21NO3. The van der Waals surface area contributed by atoms with Crippen LogP contribution < -0.4 is 9.64 Å². The minimum absolute atomic E-state index is 0.00387. The van der Waals surface area contributed by atoms with Crippen LogP contribution in [0, 0.1) is 12.8 Å². The summed E-state index contributed by atoms with van der Waals surface area (Å²) in [5, 5.41) is 0. The Labute approximate surface area is 130 Å². The molecule has 1 heterocycles. The molecule has 1 aliphatic carbocycles. The minimum Gasteiger partial charge on any atom is -0.497 e. The molecule has 3 rings (SSSR count). The van der Waals surface area contributed by atoms with E-state index in [0.717, 1.165) is 11.4 Å². The van der Waals surface area contributed by atoms with Crippen LogP contribution in [0.15, 0.2) is 41.0 Å². The molecule has 0 spiro atoms. The van der Waals surface area contributed by atoms with Gasteiger partial charge in [-0.15, -0.1) is 0 Å². The van der Waals surface area contributed by atoms with Crippen molar-refractivity contribution < 1.29 is 13.9 Å². The lowest BCUT2D eigenvalue weighted by Crippen LogP contribution is -2.40. The number of methoxy groups -OCH3 is 1. The second-order valence-corrected chi connectivity index (χ2v) is 5.84. The highest BCUT2D eigenvalue weighted by Crippen LogP contribution is 2.38. The van der Waals surface area contributed by atoms with Crippen LogP contribution in [-0.4, -0.2) is 19.1 Å². The predicted octanol–water partition coefficient (Wildman–Crippen LogP) is 4.04. The maximum Gasteiger partial charge on any atom is 0.262 e. The largest absolute Gasteiger partial charge is 0.497 e. The van der Waals surface area contributed by atoms with Crippen LogP contribution in [0.1, 0.15) is 35.9 Å². The Balaban J connectivity index is 1.95. The molecule has 0 saturated heterocycles. The number of anilines is 1. The quantitative estimate of drug-likeness (QED) is 0.836. The molecule has 0 N–H and O–H groups in total. The topological polar surface area (TPSA) is 42.7 Å². The van der Waals surface area contributed by atoms with Crippen molar-refractivity contribution in [1.29, 1.82) is 0 Å². The van der Waals surface area contributed by atoms with Gasteiger partial charge in [0.05, 0.1) is 18.9 Å². The lowest BCUT2D eigenvalue weighted by atomic mass is 10.1. The number of rotatable bonds is 5. The van der Waals surface area contributed by atoms with E-state index in [2.05, 4.69) is 6.92 Å². The molecule has 1 atom stereocenters. The van der Waals surface area contributed by atoms with E-state index < -0.39 is 0 Å². The molecule has 1 fully saturated rings. The zero-order valence-electron chi connectivity index (χ0n) is 13.2. The molecule has 116 valence electrons. The summed E-state index contributed by atoms with van der Waals surface area (Å²) in [4.78, 5) is 14.9. The third-order valence-corrected chi connectivity index (χ3v) is 4.37. The smallest absolute Gasteiger partial charge is 0.262 e. The Morgan fingerprint density at radius 3 is 2.45 bits per heavy atom. The van der Waals surface area contributed by atoms with Crippen molar-refractivity contribution >= 4 is 11.6 Å². The van der Waals surface area contributed by atoms with Gasteiger partial charge in [0.2, 0.25) is 0 Å². The molecule has 1 aromatic carbocycles. The van der Waals surface area contributed by atoms with Gasteiger partial charge in [-0.2, -0.15) is 0 Å².